The first-order valence-electron chi connectivity index (χ1n) is 3.70. The molecule has 0 amide bonds. The van der Waals surface area contributed by atoms with Gasteiger partial charge in [-0.3, -0.25) is 4.68 Å². The van der Waals surface area contributed by atoms with Gasteiger partial charge in [0.25, 0.3) is 5.82 Å². The molecule has 1 atom stereocenters. The average Bonchev–Trinajstić information content (AvgIpc) is 2.48. The highest BCUT2D eigenvalue weighted by Crippen LogP contribution is 1.94. The molecule has 0 radical (unpaired) electrons. The lowest BCUT2D eigenvalue weighted by Crippen LogP contribution is -2.07. The Hall–Kier alpha value is -1.41. The van der Waals surface area contributed by atoms with Crippen LogP contribution >= 0.6 is 0 Å². The fourth-order valence-electron chi connectivity index (χ4n) is 0.773. The van der Waals surface area contributed by atoms with Gasteiger partial charge in [0.1, 0.15) is 12.4 Å². The Morgan fingerprint density at radius 3 is 3.08 bits per heavy atom. The van der Waals surface area contributed by atoms with Crippen molar-refractivity contribution in [3.63, 3.8) is 0 Å². The normalized spacial score (nSPS) is 12.4. The first-order chi connectivity index (χ1) is 5.72. The number of hydrogen-bond acceptors (Lipinski definition) is 4. The minimum Gasteiger partial charge on any atom is -0.393 e. The lowest BCUT2D eigenvalue weighted by molar-refractivity contribution is 0.176. The van der Waals surface area contributed by atoms with E-state index < -0.39 is 0 Å². The summed E-state index contributed by atoms with van der Waals surface area (Å²) in [6, 6.07) is 1.83. The molecule has 0 saturated carbocycles. The van der Waals surface area contributed by atoms with E-state index in [2.05, 4.69) is 10.1 Å². The number of nitrogens with zero attached hydrogens (tertiary/aromatic N) is 4. The van der Waals surface area contributed by atoms with Gasteiger partial charge in [0.05, 0.1) is 6.10 Å². The molecular formula is C7H10N4O. The Bertz CT molecular complexity index is 286. The van der Waals surface area contributed by atoms with Crippen molar-refractivity contribution in [2.75, 3.05) is 0 Å². The Morgan fingerprint density at radius 1 is 1.83 bits per heavy atom. The predicted molar refractivity (Wildman–Crippen MR) is 41.0 cm³/mol. The third-order valence-electron chi connectivity index (χ3n) is 1.41. The fraction of sp³-hybridized carbons (Fsp3) is 0.571. The lowest BCUT2D eigenvalue weighted by Gasteiger charge is -2.01. The molecule has 64 valence electrons. The molecule has 0 aliphatic heterocycles. The minimum absolute atomic E-state index is 0.167. The van der Waals surface area contributed by atoms with Crippen LogP contribution in [0.2, 0.25) is 0 Å². The van der Waals surface area contributed by atoms with E-state index in [9.17, 15) is 0 Å². The maximum absolute atomic E-state index is 8.95. The van der Waals surface area contributed by atoms with Gasteiger partial charge in [0.15, 0.2) is 0 Å². The van der Waals surface area contributed by atoms with Crippen LogP contribution in [0.4, 0.5) is 0 Å². The molecule has 1 unspecified atom stereocenters. The lowest BCUT2D eigenvalue weighted by atomic mass is 10.3. The van der Waals surface area contributed by atoms with Crippen LogP contribution in [-0.4, -0.2) is 26.0 Å². The molecule has 0 aliphatic carbocycles. The summed E-state index contributed by atoms with van der Waals surface area (Å²) < 4.78 is 1.55. The van der Waals surface area contributed by atoms with Crippen molar-refractivity contribution in [2.24, 2.45) is 0 Å². The first-order valence-corrected chi connectivity index (χ1v) is 3.70. The van der Waals surface area contributed by atoms with Crippen LogP contribution in [0.1, 0.15) is 19.2 Å². The van der Waals surface area contributed by atoms with Crippen LogP contribution in [0.3, 0.4) is 0 Å². The minimum atomic E-state index is -0.347. The van der Waals surface area contributed by atoms with Crippen molar-refractivity contribution >= 4 is 0 Å². The number of rotatable bonds is 3. The fourth-order valence-corrected chi connectivity index (χ4v) is 0.773. The molecule has 1 aromatic heterocycles. The van der Waals surface area contributed by atoms with Gasteiger partial charge in [0.2, 0.25) is 0 Å². The number of aliphatic hydroxyl groups is 1. The topological polar surface area (TPSA) is 74.7 Å². The first kappa shape index (κ1) is 8.68. The summed E-state index contributed by atoms with van der Waals surface area (Å²) >= 11 is 0. The molecule has 1 heterocycles. The van der Waals surface area contributed by atoms with Crippen molar-refractivity contribution in [3.05, 3.63) is 12.2 Å². The highest BCUT2D eigenvalue weighted by atomic mass is 16.3. The molecular weight excluding hydrogens is 156 g/mol. The van der Waals surface area contributed by atoms with Gasteiger partial charge in [0, 0.05) is 6.54 Å². The Morgan fingerprint density at radius 2 is 2.58 bits per heavy atom. The standard InChI is InChI=1S/C7H10N4O/c1-6(12)2-3-11-5-9-7(4-8)10-11/h5-6,12H,2-3H2,1H3. The van der Waals surface area contributed by atoms with E-state index in [1.807, 2.05) is 6.07 Å². The number of aromatic nitrogens is 3. The van der Waals surface area contributed by atoms with E-state index in [1.165, 1.54) is 6.33 Å². The molecule has 0 aliphatic rings. The zero-order valence-electron chi connectivity index (χ0n) is 6.80. The van der Waals surface area contributed by atoms with Crippen LogP contribution < -0.4 is 0 Å². The van der Waals surface area contributed by atoms with E-state index in [0.29, 0.717) is 13.0 Å². The monoisotopic (exact) mass is 166 g/mol. The second kappa shape index (κ2) is 3.83. The summed E-state index contributed by atoms with van der Waals surface area (Å²) in [6.45, 7) is 2.30. The SMILES string of the molecule is CC(O)CCn1cnc(C#N)n1. The van der Waals surface area contributed by atoms with Gasteiger partial charge >= 0.3 is 0 Å². The molecule has 1 aromatic rings. The van der Waals surface area contributed by atoms with Gasteiger partial charge in [-0.05, 0) is 13.3 Å². The second-order valence-electron chi connectivity index (χ2n) is 2.58. The molecule has 0 bridgehead atoms. The molecule has 0 aromatic carbocycles. The summed E-state index contributed by atoms with van der Waals surface area (Å²) in [7, 11) is 0. The van der Waals surface area contributed by atoms with Gasteiger partial charge < -0.3 is 5.11 Å². The quantitative estimate of drug-likeness (QED) is 0.681. The van der Waals surface area contributed by atoms with Crippen LogP contribution in [0.5, 0.6) is 0 Å². The van der Waals surface area contributed by atoms with E-state index in [-0.39, 0.29) is 11.9 Å². The molecule has 0 spiro atoms. The number of aryl methyl sites for hydroxylation is 1. The third kappa shape index (κ3) is 2.32. The highest BCUT2D eigenvalue weighted by Gasteiger charge is 2.00. The van der Waals surface area contributed by atoms with Crippen molar-refractivity contribution in [2.45, 2.75) is 26.0 Å². The molecule has 12 heavy (non-hydrogen) atoms. The number of nitriles is 1. The van der Waals surface area contributed by atoms with Crippen molar-refractivity contribution < 1.29 is 5.11 Å². The second-order valence-corrected chi connectivity index (χ2v) is 2.58. The Kier molecular flexibility index (Phi) is 2.77. The summed E-state index contributed by atoms with van der Waals surface area (Å²) in [6.07, 6.45) is 1.76. The van der Waals surface area contributed by atoms with E-state index in [0.717, 1.165) is 0 Å². The summed E-state index contributed by atoms with van der Waals surface area (Å²) in [5.41, 5.74) is 0. The number of aliphatic hydroxyl groups excluding tert-OH is 1. The van der Waals surface area contributed by atoms with Gasteiger partial charge in [-0.15, -0.1) is 5.10 Å². The van der Waals surface area contributed by atoms with E-state index in [1.54, 1.807) is 11.6 Å². The summed E-state index contributed by atoms with van der Waals surface area (Å²) in [5.74, 6) is 0.167. The maximum Gasteiger partial charge on any atom is 0.252 e. The Balaban J connectivity index is 2.48. The predicted octanol–water partition coefficient (Wildman–Crippen LogP) is -0.0793. The van der Waals surface area contributed by atoms with Crippen LogP contribution in [0.15, 0.2) is 6.33 Å². The average molecular weight is 166 g/mol. The van der Waals surface area contributed by atoms with Crippen molar-refractivity contribution in [1.82, 2.24) is 14.8 Å². The summed E-state index contributed by atoms with van der Waals surface area (Å²) in [5, 5.41) is 21.2. The smallest absolute Gasteiger partial charge is 0.252 e. The maximum atomic E-state index is 8.95. The van der Waals surface area contributed by atoms with Crippen molar-refractivity contribution in [3.8, 4) is 6.07 Å². The summed E-state index contributed by atoms with van der Waals surface area (Å²) in [4.78, 5) is 3.72. The van der Waals surface area contributed by atoms with Crippen molar-refractivity contribution in [1.29, 1.82) is 5.26 Å². The molecule has 5 heteroatoms. The Labute approximate surface area is 70.3 Å². The van der Waals surface area contributed by atoms with Gasteiger partial charge in [-0.2, -0.15) is 5.26 Å². The number of hydrogen-bond donors (Lipinski definition) is 1. The van der Waals surface area contributed by atoms with Crippen LogP contribution in [-0.2, 0) is 6.54 Å². The van der Waals surface area contributed by atoms with Crippen LogP contribution in [0.25, 0.3) is 0 Å². The van der Waals surface area contributed by atoms with Crippen LogP contribution in [0, 0.1) is 11.3 Å². The molecule has 0 saturated heterocycles. The van der Waals surface area contributed by atoms with E-state index in [4.69, 9.17) is 10.4 Å². The molecule has 1 N–H and O–H groups in total. The van der Waals surface area contributed by atoms with Gasteiger partial charge in [-0.25, -0.2) is 4.98 Å². The van der Waals surface area contributed by atoms with Gasteiger partial charge in [-0.1, -0.05) is 0 Å². The molecule has 0 fully saturated rings. The molecule has 1 rings (SSSR count). The van der Waals surface area contributed by atoms with E-state index >= 15 is 0 Å². The zero-order chi connectivity index (χ0) is 8.97. The third-order valence-corrected chi connectivity index (χ3v) is 1.41. The zero-order valence-corrected chi connectivity index (χ0v) is 6.80. The molecule has 5 nitrogen and oxygen atoms in total. The highest BCUT2D eigenvalue weighted by molar-refractivity contribution is 5.05. The largest absolute Gasteiger partial charge is 0.393 e.